The lowest BCUT2D eigenvalue weighted by Crippen LogP contribution is -2.41. The molecule has 1 aliphatic carbocycles. The van der Waals surface area contributed by atoms with Gasteiger partial charge < -0.3 is 10.6 Å². The number of sulfonamides is 1. The zero-order chi connectivity index (χ0) is 19.8. The SMILES string of the molecule is CC(C)(C)NS(=O)(=O)c1cc(NC(=O)C2CC3CCCCC3N2)ccc1F.Cl. The standard InChI is InChI=1S/C19H28FN3O3S.ClH/c1-19(2,3)23-27(25,26)17-11-13(8-9-14(17)20)21-18(24)16-10-12-6-4-5-7-15(12)22-16;/h8-9,11-12,15-16,22-23H,4-7,10H2,1-3H3,(H,21,24);1H. The fourth-order valence-electron chi connectivity index (χ4n) is 4.00. The third kappa shape index (κ3) is 5.43. The van der Waals surface area contributed by atoms with Crippen LogP contribution in [0.5, 0.6) is 0 Å². The molecule has 1 saturated heterocycles. The predicted octanol–water partition coefficient (Wildman–Crippen LogP) is 3.18. The second kappa shape index (κ2) is 8.65. The molecule has 3 unspecified atom stereocenters. The summed E-state index contributed by atoms with van der Waals surface area (Å²) in [5.41, 5.74) is -0.471. The van der Waals surface area contributed by atoms with Gasteiger partial charge in [-0.05, 0) is 64.2 Å². The second-order valence-corrected chi connectivity index (χ2v) is 10.2. The minimum absolute atomic E-state index is 0. The van der Waals surface area contributed by atoms with E-state index in [9.17, 15) is 17.6 Å². The maximum Gasteiger partial charge on any atom is 0.244 e. The Bertz CT molecular complexity index is 812. The van der Waals surface area contributed by atoms with E-state index in [-0.39, 0.29) is 30.0 Å². The molecule has 9 heteroatoms. The molecular formula is C19H29ClFN3O3S. The number of anilines is 1. The van der Waals surface area contributed by atoms with Gasteiger partial charge in [0.1, 0.15) is 10.7 Å². The van der Waals surface area contributed by atoms with Gasteiger partial charge in [0.25, 0.3) is 0 Å². The lowest BCUT2D eigenvalue weighted by molar-refractivity contribution is -0.117. The fraction of sp³-hybridized carbons (Fsp3) is 0.632. The van der Waals surface area contributed by atoms with Crippen LogP contribution in [0.15, 0.2) is 23.1 Å². The number of carbonyl (C=O) groups is 1. The molecule has 0 bridgehead atoms. The van der Waals surface area contributed by atoms with E-state index in [0.29, 0.717) is 12.0 Å². The van der Waals surface area contributed by atoms with E-state index >= 15 is 0 Å². The highest BCUT2D eigenvalue weighted by atomic mass is 35.5. The molecule has 3 rings (SSSR count). The fourth-order valence-corrected chi connectivity index (χ4v) is 5.52. The van der Waals surface area contributed by atoms with Crippen LogP contribution in [0.25, 0.3) is 0 Å². The first-order chi connectivity index (χ1) is 12.5. The van der Waals surface area contributed by atoms with Crippen LogP contribution in [0, 0.1) is 11.7 Å². The monoisotopic (exact) mass is 433 g/mol. The van der Waals surface area contributed by atoms with Crippen LogP contribution in [0.2, 0.25) is 0 Å². The molecule has 3 atom stereocenters. The van der Waals surface area contributed by atoms with Crippen LogP contribution in [-0.4, -0.2) is 31.9 Å². The zero-order valence-electron chi connectivity index (χ0n) is 16.4. The lowest BCUT2D eigenvalue weighted by Gasteiger charge is -2.24. The van der Waals surface area contributed by atoms with Gasteiger partial charge in [-0.25, -0.2) is 17.5 Å². The van der Waals surface area contributed by atoms with Gasteiger partial charge in [0.2, 0.25) is 15.9 Å². The highest BCUT2D eigenvalue weighted by Crippen LogP contribution is 2.33. The molecule has 1 aromatic rings. The first-order valence-corrected chi connectivity index (χ1v) is 10.9. The molecule has 158 valence electrons. The van der Waals surface area contributed by atoms with Gasteiger partial charge in [-0.15, -0.1) is 12.4 Å². The Hall–Kier alpha value is -1.22. The van der Waals surface area contributed by atoms with Gasteiger partial charge >= 0.3 is 0 Å². The van der Waals surface area contributed by atoms with E-state index in [1.807, 2.05) is 0 Å². The molecule has 6 nitrogen and oxygen atoms in total. The van der Waals surface area contributed by atoms with E-state index < -0.39 is 26.3 Å². The summed E-state index contributed by atoms with van der Waals surface area (Å²) < 4.78 is 41.5. The van der Waals surface area contributed by atoms with Crippen molar-refractivity contribution < 1.29 is 17.6 Å². The van der Waals surface area contributed by atoms with Crippen molar-refractivity contribution in [1.29, 1.82) is 0 Å². The summed E-state index contributed by atoms with van der Waals surface area (Å²) in [6.45, 7) is 5.04. The number of amides is 1. The van der Waals surface area contributed by atoms with E-state index in [0.717, 1.165) is 25.3 Å². The van der Waals surface area contributed by atoms with E-state index in [1.54, 1.807) is 20.8 Å². The average Bonchev–Trinajstić information content (AvgIpc) is 2.98. The summed E-state index contributed by atoms with van der Waals surface area (Å²) in [5, 5.41) is 6.12. The molecule has 1 aliphatic heterocycles. The first-order valence-electron chi connectivity index (χ1n) is 9.46. The first kappa shape index (κ1) is 23.1. The molecule has 2 aliphatic rings. The van der Waals surface area contributed by atoms with Crippen molar-refractivity contribution in [3.05, 3.63) is 24.0 Å². The quantitative estimate of drug-likeness (QED) is 0.680. The predicted molar refractivity (Wildman–Crippen MR) is 110 cm³/mol. The molecular weight excluding hydrogens is 405 g/mol. The number of rotatable bonds is 4. The lowest BCUT2D eigenvalue weighted by atomic mass is 9.85. The summed E-state index contributed by atoms with van der Waals surface area (Å²) in [6.07, 6.45) is 5.40. The molecule has 1 amide bonds. The molecule has 0 aromatic heterocycles. The summed E-state index contributed by atoms with van der Waals surface area (Å²) >= 11 is 0. The van der Waals surface area contributed by atoms with Crippen LogP contribution in [-0.2, 0) is 14.8 Å². The van der Waals surface area contributed by atoms with Crippen LogP contribution < -0.4 is 15.4 Å². The minimum atomic E-state index is -4.04. The Morgan fingerprint density at radius 3 is 2.54 bits per heavy atom. The Morgan fingerprint density at radius 2 is 1.89 bits per heavy atom. The Kier molecular flexibility index (Phi) is 7.12. The van der Waals surface area contributed by atoms with Crippen molar-refractivity contribution in [1.82, 2.24) is 10.0 Å². The summed E-state index contributed by atoms with van der Waals surface area (Å²) in [5.74, 6) is -0.535. The summed E-state index contributed by atoms with van der Waals surface area (Å²) in [4.78, 5) is 12.1. The van der Waals surface area contributed by atoms with Crippen LogP contribution in [0.1, 0.15) is 52.9 Å². The molecule has 1 aromatic carbocycles. The summed E-state index contributed by atoms with van der Waals surface area (Å²) in [6, 6.07) is 3.70. The number of halogens is 2. The Morgan fingerprint density at radius 1 is 1.21 bits per heavy atom. The number of carbonyl (C=O) groups excluding carboxylic acids is 1. The van der Waals surface area contributed by atoms with E-state index in [4.69, 9.17) is 0 Å². The molecule has 0 radical (unpaired) electrons. The highest BCUT2D eigenvalue weighted by molar-refractivity contribution is 7.89. The van der Waals surface area contributed by atoms with Gasteiger partial charge in [0, 0.05) is 17.3 Å². The van der Waals surface area contributed by atoms with Crippen molar-refractivity contribution in [3.8, 4) is 0 Å². The maximum atomic E-state index is 14.1. The number of nitrogens with one attached hydrogen (secondary N) is 3. The van der Waals surface area contributed by atoms with Gasteiger partial charge in [0.05, 0.1) is 6.04 Å². The van der Waals surface area contributed by atoms with Gasteiger partial charge in [-0.2, -0.15) is 0 Å². The van der Waals surface area contributed by atoms with Gasteiger partial charge in [-0.1, -0.05) is 12.8 Å². The average molecular weight is 434 g/mol. The highest BCUT2D eigenvalue weighted by Gasteiger charge is 2.38. The molecule has 2 fully saturated rings. The minimum Gasteiger partial charge on any atom is -0.325 e. The molecule has 0 spiro atoms. The number of hydrogen-bond donors (Lipinski definition) is 3. The van der Waals surface area contributed by atoms with Gasteiger partial charge in [0.15, 0.2) is 0 Å². The van der Waals surface area contributed by atoms with Crippen molar-refractivity contribution >= 4 is 34.0 Å². The van der Waals surface area contributed by atoms with Crippen LogP contribution >= 0.6 is 12.4 Å². The molecule has 3 N–H and O–H groups in total. The summed E-state index contributed by atoms with van der Waals surface area (Å²) in [7, 11) is -4.04. The van der Waals surface area contributed by atoms with Crippen molar-refractivity contribution in [3.63, 3.8) is 0 Å². The maximum absolute atomic E-state index is 14.1. The third-order valence-electron chi connectivity index (χ3n) is 5.11. The van der Waals surface area contributed by atoms with Crippen LogP contribution in [0.3, 0.4) is 0 Å². The molecule has 1 heterocycles. The number of fused-ring (bicyclic) bond motifs is 1. The van der Waals surface area contributed by atoms with Crippen molar-refractivity contribution in [2.75, 3.05) is 5.32 Å². The van der Waals surface area contributed by atoms with E-state index in [2.05, 4.69) is 15.4 Å². The van der Waals surface area contributed by atoms with Crippen molar-refractivity contribution in [2.24, 2.45) is 5.92 Å². The van der Waals surface area contributed by atoms with E-state index in [1.165, 1.54) is 25.0 Å². The second-order valence-electron chi connectivity index (χ2n) is 8.60. The van der Waals surface area contributed by atoms with Crippen LogP contribution in [0.4, 0.5) is 10.1 Å². The number of benzene rings is 1. The topological polar surface area (TPSA) is 87.3 Å². The normalized spacial score (nSPS) is 24.9. The molecule has 1 saturated carbocycles. The smallest absolute Gasteiger partial charge is 0.244 e. The molecule has 28 heavy (non-hydrogen) atoms. The van der Waals surface area contributed by atoms with Crippen molar-refractivity contribution in [2.45, 2.75) is 75.4 Å². The zero-order valence-corrected chi connectivity index (χ0v) is 18.1. The third-order valence-corrected chi connectivity index (χ3v) is 6.88. The van der Waals surface area contributed by atoms with Gasteiger partial charge in [-0.3, -0.25) is 4.79 Å². The largest absolute Gasteiger partial charge is 0.325 e. The number of hydrogen-bond acceptors (Lipinski definition) is 4. The Balaban J connectivity index is 0.00000280. The Labute approximate surface area is 172 Å².